The van der Waals surface area contributed by atoms with Gasteiger partial charge in [-0.05, 0) is 17.7 Å². The minimum atomic E-state index is -0.700. The van der Waals surface area contributed by atoms with Crippen LogP contribution in [0.2, 0.25) is 0 Å². The summed E-state index contributed by atoms with van der Waals surface area (Å²) in [6.45, 7) is 0. The van der Waals surface area contributed by atoms with E-state index >= 15 is 0 Å². The molecule has 0 radical (unpaired) electrons. The number of nitrogens with zero attached hydrogens (tertiary/aromatic N) is 2. The van der Waals surface area contributed by atoms with Crippen molar-refractivity contribution in [3.8, 4) is 5.75 Å². The molecule has 9 nitrogen and oxygen atoms in total. The van der Waals surface area contributed by atoms with Crippen molar-refractivity contribution >= 4 is 12.1 Å². The SMILES string of the molecule is O=C(CCc1n[nH]c(=O)[nH]c1=O)N/N=C/c1cccc(O)c1. The van der Waals surface area contributed by atoms with Crippen LogP contribution < -0.4 is 16.7 Å². The largest absolute Gasteiger partial charge is 0.508 e. The molecule has 0 aliphatic heterocycles. The van der Waals surface area contributed by atoms with Crippen molar-refractivity contribution in [1.29, 1.82) is 0 Å². The molecule has 2 aromatic rings. The highest BCUT2D eigenvalue weighted by Gasteiger charge is 2.06. The maximum absolute atomic E-state index is 11.6. The van der Waals surface area contributed by atoms with E-state index in [4.69, 9.17) is 0 Å². The maximum Gasteiger partial charge on any atom is 0.342 e. The van der Waals surface area contributed by atoms with Crippen LogP contribution in [0.4, 0.5) is 0 Å². The highest BCUT2D eigenvalue weighted by Crippen LogP contribution is 2.08. The second kappa shape index (κ2) is 6.97. The van der Waals surface area contributed by atoms with Crippen LogP contribution in [0, 0.1) is 0 Å². The summed E-state index contributed by atoms with van der Waals surface area (Å²) >= 11 is 0. The number of hydrogen-bond acceptors (Lipinski definition) is 6. The summed E-state index contributed by atoms with van der Waals surface area (Å²) in [5.74, 6) is -0.317. The number of aromatic nitrogens is 3. The number of benzene rings is 1. The lowest BCUT2D eigenvalue weighted by molar-refractivity contribution is -0.121. The van der Waals surface area contributed by atoms with Gasteiger partial charge in [0.05, 0.1) is 6.21 Å². The third-order valence-electron chi connectivity index (χ3n) is 2.64. The number of aromatic amines is 2. The van der Waals surface area contributed by atoms with E-state index in [2.05, 4.69) is 20.7 Å². The minimum Gasteiger partial charge on any atom is -0.508 e. The predicted octanol–water partition coefficient (Wildman–Crippen LogP) is -0.753. The van der Waals surface area contributed by atoms with Gasteiger partial charge < -0.3 is 5.11 Å². The molecule has 9 heteroatoms. The Morgan fingerprint density at radius 2 is 2.23 bits per heavy atom. The van der Waals surface area contributed by atoms with Gasteiger partial charge in [-0.15, -0.1) is 0 Å². The number of rotatable bonds is 5. The van der Waals surface area contributed by atoms with Crippen molar-refractivity contribution < 1.29 is 9.90 Å². The van der Waals surface area contributed by atoms with Crippen LogP contribution in [0.5, 0.6) is 5.75 Å². The maximum atomic E-state index is 11.6. The Kier molecular flexibility index (Phi) is 4.81. The molecule has 0 unspecified atom stereocenters. The van der Waals surface area contributed by atoms with Crippen LogP contribution in [-0.4, -0.2) is 32.4 Å². The van der Waals surface area contributed by atoms with Crippen LogP contribution in [0.25, 0.3) is 0 Å². The Labute approximate surface area is 123 Å². The number of hydrazone groups is 1. The van der Waals surface area contributed by atoms with E-state index in [-0.39, 0.29) is 24.3 Å². The summed E-state index contributed by atoms with van der Waals surface area (Å²) in [5.41, 5.74) is 1.65. The molecule has 2 rings (SSSR count). The third kappa shape index (κ3) is 4.40. The third-order valence-corrected chi connectivity index (χ3v) is 2.64. The molecule has 1 amide bonds. The lowest BCUT2D eigenvalue weighted by Gasteiger charge is -1.99. The summed E-state index contributed by atoms with van der Waals surface area (Å²) in [4.78, 5) is 35.7. The molecular formula is C13H13N5O4. The molecule has 0 aliphatic carbocycles. The first-order chi connectivity index (χ1) is 10.5. The number of aryl methyl sites for hydroxylation is 1. The zero-order chi connectivity index (χ0) is 15.9. The second-order valence-corrected chi connectivity index (χ2v) is 4.34. The Balaban J connectivity index is 1.85. The van der Waals surface area contributed by atoms with Gasteiger partial charge in [-0.3, -0.25) is 14.6 Å². The van der Waals surface area contributed by atoms with Gasteiger partial charge >= 0.3 is 5.69 Å². The molecule has 0 atom stereocenters. The minimum absolute atomic E-state index is 0.0144. The van der Waals surface area contributed by atoms with E-state index in [9.17, 15) is 19.5 Å². The van der Waals surface area contributed by atoms with Crippen molar-refractivity contribution in [3.05, 3.63) is 56.4 Å². The van der Waals surface area contributed by atoms with Gasteiger partial charge in [0.1, 0.15) is 11.4 Å². The molecule has 1 aromatic heterocycles. The molecule has 22 heavy (non-hydrogen) atoms. The van der Waals surface area contributed by atoms with E-state index in [1.165, 1.54) is 18.3 Å². The molecular weight excluding hydrogens is 290 g/mol. The number of carbonyl (C=O) groups excluding carboxylic acids is 1. The molecule has 0 bridgehead atoms. The summed E-state index contributed by atoms with van der Waals surface area (Å²) < 4.78 is 0. The fourth-order valence-corrected chi connectivity index (χ4v) is 1.61. The van der Waals surface area contributed by atoms with E-state index in [0.29, 0.717) is 5.56 Å². The van der Waals surface area contributed by atoms with Gasteiger partial charge in [0.2, 0.25) is 5.91 Å². The summed E-state index contributed by atoms with van der Waals surface area (Å²) in [6.07, 6.45) is 1.43. The summed E-state index contributed by atoms with van der Waals surface area (Å²) in [7, 11) is 0. The lowest BCUT2D eigenvalue weighted by Crippen LogP contribution is -2.28. The Bertz CT molecular complexity index is 808. The van der Waals surface area contributed by atoms with E-state index in [0.717, 1.165) is 0 Å². The van der Waals surface area contributed by atoms with Gasteiger partial charge in [0.15, 0.2) is 0 Å². The Morgan fingerprint density at radius 3 is 2.95 bits per heavy atom. The van der Waals surface area contributed by atoms with Crippen LogP contribution in [0.1, 0.15) is 17.7 Å². The van der Waals surface area contributed by atoms with Gasteiger partial charge in [-0.2, -0.15) is 10.2 Å². The molecule has 1 aromatic carbocycles. The molecule has 0 fully saturated rings. The number of phenols is 1. The smallest absolute Gasteiger partial charge is 0.342 e. The highest BCUT2D eigenvalue weighted by atomic mass is 16.3. The number of aromatic hydroxyl groups is 1. The average Bonchev–Trinajstić information content (AvgIpc) is 2.46. The zero-order valence-corrected chi connectivity index (χ0v) is 11.4. The van der Waals surface area contributed by atoms with Crippen molar-refractivity contribution in [2.75, 3.05) is 0 Å². The average molecular weight is 303 g/mol. The molecule has 0 saturated heterocycles. The topological polar surface area (TPSA) is 140 Å². The highest BCUT2D eigenvalue weighted by molar-refractivity contribution is 5.82. The van der Waals surface area contributed by atoms with Gasteiger partial charge in [0.25, 0.3) is 5.56 Å². The van der Waals surface area contributed by atoms with Gasteiger partial charge in [-0.1, -0.05) is 12.1 Å². The van der Waals surface area contributed by atoms with Crippen molar-refractivity contribution in [2.45, 2.75) is 12.8 Å². The molecule has 0 spiro atoms. The zero-order valence-electron chi connectivity index (χ0n) is 11.4. The van der Waals surface area contributed by atoms with Crippen LogP contribution in [0.3, 0.4) is 0 Å². The number of phenolic OH excluding ortho intramolecular Hbond substituents is 1. The molecule has 4 N–H and O–H groups in total. The lowest BCUT2D eigenvalue weighted by atomic mass is 10.2. The van der Waals surface area contributed by atoms with E-state index in [1.54, 1.807) is 12.1 Å². The number of carbonyl (C=O) groups is 1. The van der Waals surface area contributed by atoms with Crippen LogP contribution in [0.15, 0.2) is 39.0 Å². The quantitative estimate of drug-likeness (QED) is 0.425. The number of nitrogens with one attached hydrogen (secondary N) is 3. The fourth-order valence-electron chi connectivity index (χ4n) is 1.61. The molecule has 0 saturated carbocycles. The first-order valence-corrected chi connectivity index (χ1v) is 6.33. The summed E-state index contributed by atoms with van der Waals surface area (Å²) in [5, 5.41) is 18.6. The van der Waals surface area contributed by atoms with Crippen molar-refractivity contribution in [1.82, 2.24) is 20.6 Å². The van der Waals surface area contributed by atoms with Crippen LogP contribution in [-0.2, 0) is 11.2 Å². The number of amides is 1. The van der Waals surface area contributed by atoms with Crippen LogP contribution >= 0.6 is 0 Å². The number of hydrogen-bond donors (Lipinski definition) is 4. The van der Waals surface area contributed by atoms with E-state index < -0.39 is 17.2 Å². The monoisotopic (exact) mass is 303 g/mol. The molecule has 114 valence electrons. The Morgan fingerprint density at radius 1 is 1.41 bits per heavy atom. The predicted molar refractivity (Wildman–Crippen MR) is 77.6 cm³/mol. The molecule has 1 heterocycles. The van der Waals surface area contributed by atoms with E-state index in [1.807, 2.05) is 4.98 Å². The first kappa shape index (κ1) is 15.2. The second-order valence-electron chi connectivity index (χ2n) is 4.34. The fraction of sp³-hybridized carbons (Fsp3) is 0.154. The Hall–Kier alpha value is -3.23. The molecule has 0 aliphatic rings. The van der Waals surface area contributed by atoms with Gasteiger partial charge in [-0.25, -0.2) is 15.3 Å². The van der Waals surface area contributed by atoms with Gasteiger partial charge in [0, 0.05) is 12.8 Å². The number of H-pyrrole nitrogens is 2. The summed E-state index contributed by atoms with van der Waals surface area (Å²) in [6, 6.07) is 6.36. The first-order valence-electron chi connectivity index (χ1n) is 6.33. The normalized spacial score (nSPS) is 10.7. The van der Waals surface area contributed by atoms with Crippen molar-refractivity contribution in [2.24, 2.45) is 5.10 Å². The standard InChI is InChI=1S/C13H13N5O4/c19-9-3-1-2-8(6-9)7-14-17-11(20)5-4-10-12(21)15-13(22)18-16-10/h1-3,6-7,19H,4-5H2,(H,17,20)(H2,15,18,21,22)/b14-7+. The van der Waals surface area contributed by atoms with Crippen molar-refractivity contribution in [3.63, 3.8) is 0 Å².